The number of pyridine rings is 4. The number of hydrogen-bond donors (Lipinski definition) is 2. The zero-order valence-corrected chi connectivity index (χ0v) is 32.9. The van der Waals surface area contributed by atoms with Gasteiger partial charge in [0, 0.05) is 63.1 Å². The highest BCUT2D eigenvalue weighted by atomic mass is 35.5. The summed E-state index contributed by atoms with van der Waals surface area (Å²) >= 11 is 12.5. The molecule has 0 atom stereocenters. The number of nitrogens with two attached hydrogens (primary N) is 1. The number of rotatable bonds is 5. The van der Waals surface area contributed by atoms with Crippen LogP contribution in [0.5, 0.6) is 0 Å². The Hall–Kier alpha value is -4.13. The van der Waals surface area contributed by atoms with Crippen molar-refractivity contribution in [3.05, 3.63) is 80.9 Å². The van der Waals surface area contributed by atoms with E-state index in [2.05, 4.69) is 25.3 Å². The Bertz CT molecular complexity index is 1940. The Morgan fingerprint density at radius 1 is 0.755 bits per heavy atom. The first kappa shape index (κ1) is 40.1. The number of nitrogens with zero attached hydrogens (tertiary/aromatic N) is 6. The van der Waals surface area contributed by atoms with Gasteiger partial charge in [-0.2, -0.15) is 0 Å². The number of anilines is 2. The molecule has 2 aliphatic heterocycles. The molecule has 0 bridgehead atoms. The summed E-state index contributed by atoms with van der Waals surface area (Å²) in [4.78, 5) is 33.0. The Balaban J connectivity index is 0.000000211. The van der Waals surface area contributed by atoms with Gasteiger partial charge in [-0.15, -0.1) is 0 Å². The molecule has 0 unspecified atom stereocenters. The van der Waals surface area contributed by atoms with Crippen LogP contribution in [0.3, 0.4) is 0 Å². The van der Waals surface area contributed by atoms with Gasteiger partial charge in [0.15, 0.2) is 23.3 Å². The second kappa shape index (κ2) is 16.9. The lowest BCUT2D eigenvalue weighted by Gasteiger charge is -2.34. The lowest BCUT2D eigenvalue weighted by atomic mass is 10.0. The van der Waals surface area contributed by atoms with E-state index in [1.807, 2.05) is 70.4 Å². The number of hydrogen-bond acceptors (Lipinski definition) is 9. The van der Waals surface area contributed by atoms with Gasteiger partial charge >= 0.3 is 6.09 Å². The number of amides is 1. The Labute approximate surface area is 320 Å². The fourth-order valence-corrected chi connectivity index (χ4v) is 7.00. The molecule has 53 heavy (non-hydrogen) atoms. The van der Waals surface area contributed by atoms with E-state index >= 15 is 8.78 Å². The van der Waals surface area contributed by atoms with Crippen LogP contribution in [0, 0.1) is 39.3 Å². The predicted octanol–water partition coefficient (Wildman–Crippen LogP) is 8.53. The normalized spacial score (nSPS) is 15.5. The van der Waals surface area contributed by atoms with Crippen molar-refractivity contribution in [1.29, 1.82) is 0 Å². The quantitative estimate of drug-likeness (QED) is 0.206. The van der Waals surface area contributed by atoms with Crippen LogP contribution < -0.4 is 20.9 Å². The first-order valence-electron chi connectivity index (χ1n) is 17.8. The molecule has 0 radical (unpaired) electrons. The summed E-state index contributed by atoms with van der Waals surface area (Å²) in [7, 11) is 0. The summed E-state index contributed by atoms with van der Waals surface area (Å²) in [6.07, 6.45) is 8.97. The number of aryl methyl sites for hydroxylation is 4. The zero-order valence-electron chi connectivity index (χ0n) is 31.4. The number of ether oxygens (including phenoxy) is 1. The molecule has 0 aromatic carbocycles. The van der Waals surface area contributed by atoms with Gasteiger partial charge in [-0.05, 0) is 96.4 Å². The third-order valence-corrected chi connectivity index (χ3v) is 9.74. The lowest BCUT2D eigenvalue weighted by molar-refractivity contribution is 0.0497. The van der Waals surface area contributed by atoms with Crippen molar-refractivity contribution in [2.45, 2.75) is 91.8 Å². The van der Waals surface area contributed by atoms with Gasteiger partial charge in [-0.3, -0.25) is 9.97 Å². The molecule has 0 saturated carbocycles. The number of halogens is 4. The van der Waals surface area contributed by atoms with Crippen molar-refractivity contribution < 1.29 is 18.3 Å². The van der Waals surface area contributed by atoms with Gasteiger partial charge in [-0.1, -0.05) is 35.3 Å². The minimum Gasteiger partial charge on any atom is -0.444 e. The highest BCUT2D eigenvalue weighted by Crippen LogP contribution is 2.37. The fourth-order valence-electron chi connectivity index (χ4n) is 6.56. The molecule has 2 saturated heterocycles. The molecule has 14 heteroatoms. The van der Waals surface area contributed by atoms with Crippen LogP contribution in [0.1, 0.15) is 68.7 Å². The molecule has 3 N–H and O–H groups in total. The monoisotopic (exact) mass is 768 g/mol. The highest BCUT2D eigenvalue weighted by Gasteiger charge is 2.28. The topological polar surface area (TPSA) is 122 Å². The largest absolute Gasteiger partial charge is 0.444 e. The number of alkyl carbamates (subject to hydrolysis) is 1. The number of nitrogens with one attached hydrogen (secondary N) is 1. The average Bonchev–Trinajstić information content (AvgIpc) is 3.07. The summed E-state index contributed by atoms with van der Waals surface area (Å²) in [5.41, 5.74) is 10.8. The summed E-state index contributed by atoms with van der Waals surface area (Å²) in [6.45, 7) is 15.7. The molecule has 6 heterocycles. The molecule has 4 aromatic rings. The van der Waals surface area contributed by atoms with Crippen LogP contribution in [0.15, 0.2) is 36.9 Å². The van der Waals surface area contributed by atoms with Crippen LogP contribution >= 0.6 is 23.2 Å². The highest BCUT2D eigenvalue weighted by molar-refractivity contribution is 6.33. The number of aromatic nitrogens is 4. The summed E-state index contributed by atoms with van der Waals surface area (Å²) < 4.78 is 35.9. The second-order valence-electron chi connectivity index (χ2n) is 14.8. The van der Waals surface area contributed by atoms with Gasteiger partial charge in [0.1, 0.15) is 5.60 Å². The van der Waals surface area contributed by atoms with E-state index in [9.17, 15) is 4.79 Å². The van der Waals surface area contributed by atoms with E-state index in [4.69, 9.17) is 33.7 Å². The molecule has 1 amide bonds. The van der Waals surface area contributed by atoms with E-state index in [-0.39, 0.29) is 33.5 Å². The van der Waals surface area contributed by atoms with Crippen LogP contribution in [0.4, 0.5) is 25.2 Å². The molecule has 6 rings (SSSR count). The third kappa shape index (κ3) is 9.90. The van der Waals surface area contributed by atoms with Gasteiger partial charge in [0.05, 0.1) is 32.6 Å². The van der Waals surface area contributed by atoms with Crippen molar-refractivity contribution in [3.63, 3.8) is 0 Å². The van der Waals surface area contributed by atoms with Gasteiger partial charge in [0.2, 0.25) is 0 Å². The Kier molecular flexibility index (Phi) is 12.8. The molecule has 4 aromatic heterocycles. The van der Waals surface area contributed by atoms with Crippen molar-refractivity contribution in [3.8, 4) is 22.5 Å². The molecule has 0 aliphatic carbocycles. The SMILES string of the molecule is Cc1cnc(-c2c(Cl)cnc(N3CCC(N)CC3)c2F)c(C)c1.Cc1cnc(-c2c(Cl)cnc(N3CCC(NC(=O)OC(C)(C)C)CC3)c2F)c(C)c1. The van der Waals surface area contributed by atoms with Crippen LogP contribution in [0.25, 0.3) is 22.5 Å². The minimum atomic E-state index is -0.542. The van der Waals surface area contributed by atoms with Crippen LogP contribution in [-0.2, 0) is 4.74 Å². The minimum absolute atomic E-state index is 0.0214. The molecule has 10 nitrogen and oxygen atoms in total. The van der Waals surface area contributed by atoms with E-state index in [0.29, 0.717) is 61.8 Å². The van der Waals surface area contributed by atoms with Gasteiger partial charge in [-0.25, -0.2) is 23.5 Å². The van der Waals surface area contributed by atoms with E-state index < -0.39 is 23.3 Å². The molecular weight excluding hydrogens is 721 g/mol. The maximum atomic E-state index is 15.5. The van der Waals surface area contributed by atoms with E-state index in [0.717, 1.165) is 35.1 Å². The fraction of sp³-hybridized carbons (Fsp3) is 0.462. The van der Waals surface area contributed by atoms with Gasteiger partial charge < -0.3 is 25.6 Å². The lowest BCUT2D eigenvalue weighted by Crippen LogP contribution is -2.46. The predicted molar refractivity (Wildman–Crippen MR) is 208 cm³/mol. The molecule has 2 aliphatic rings. The first-order valence-corrected chi connectivity index (χ1v) is 18.6. The zero-order chi connectivity index (χ0) is 38.6. The van der Waals surface area contributed by atoms with Crippen molar-refractivity contribution >= 4 is 40.9 Å². The van der Waals surface area contributed by atoms with Crippen molar-refractivity contribution in [2.24, 2.45) is 5.73 Å². The maximum Gasteiger partial charge on any atom is 0.407 e. The van der Waals surface area contributed by atoms with Crippen molar-refractivity contribution in [1.82, 2.24) is 25.3 Å². The third-order valence-electron chi connectivity index (χ3n) is 9.17. The Morgan fingerprint density at radius 3 is 1.57 bits per heavy atom. The number of carbonyl (C=O) groups excluding carboxylic acids is 1. The Morgan fingerprint density at radius 2 is 1.17 bits per heavy atom. The average molecular weight is 770 g/mol. The summed E-state index contributed by atoms with van der Waals surface area (Å²) in [6, 6.07) is 4.08. The van der Waals surface area contributed by atoms with Crippen LogP contribution in [0.2, 0.25) is 10.0 Å². The van der Waals surface area contributed by atoms with Gasteiger partial charge in [0.25, 0.3) is 0 Å². The number of carbonyl (C=O) groups is 1. The molecule has 0 spiro atoms. The smallest absolute Gasteiger partial charge is 0.407 e. The van der Waals surface area contributed by atoms with Crippen LogP contribution in [-0.4, -0.2) is 69.9 Å². The molecule has 284 valence electrons. The van der Waals surface area contributed by atoms with E-state index in [1.165, 1.54) is 12.4 Å². The summed E-state index contributed by atoms with van der Waals surface area (Å²) in [5.74, 6) is -0.294. The molecular formula is C39H48Cl2F2N8O2. The standard InChI is InChI=1S/C22H28ClFN4O2.C17H20ClFN4/c1-13-10-14(2)19(25-11-13)17-16(23)12-26-20(18(17)24)28-8-6-15(7-9-28)27-21(29)30-22(3,4)5;1-10-7-11(2)16(21-8-10)14-13(18)9-22-17(15(14)19)23-5-3-12(20)4-6-23/h10-12,15H,6-9H2,1-5H3,(H,27,29);7-9,12H,3-6,20H2,1-2H3. The second-order valence-corrected chi connectivity index (χ2v) is 15.6. The van der Waals surface area contributed by atoms with E-state index in [1.54, 1.807) is 12.4 Å². The molecule has 2 fully saturated rings. The summed E-state index contributed by atoms with van der Waals surface area (Å²) in [5, 5.41) is 3.40. The first-order chi connectivity index (χ1) is 25.0. The van der Waals surface area contributed by atoms with Crippen molar-refractivity contribution in [2.75, 3.05) is 36.0 Å². The maximum absolute atomic E-state index is 15.5. The number of piperidine rings is 2.